The average molecular weight is 442 g/mol. The van der Waals surface area contributed by atoms with Crippen LogP contribution in [0.1, 0.15) is 5.56 Å². The predicted molar refractivity (Wildman–Crippen MR) is 116 cm³/mol. The van der Waals surface area contributed by atoms with E-state index in [1.807, 2.05) is 30.3 Å². The highest BCUT2D eigenvalue weighted by atomic mass is 19.1. The SMILES string of the molecule is CNC(=O)CN(Cc1ccccc1)c1nc2ccc(OC/C(=C/F)CNC(=O)O)cc2o1. The molecule has 0 saturated heterocycles. The lowest BCUT2D eigenvalue weighted by Gasteiger charge is -2.19. The molecular weight excluding hydrogens is 419 g/mol. The van der Waals surface area contributed by atoms with Gasteiger partial charge in [-0.2, -0.15) is 4.98 Å². The smallest absolute Gasteiger partial charge is 0.404 e. The van der Waals surface area contributed by atoms with Crippen molar-refractivity contribution in [2.24, 2.45) is 0 Å². The highest BCUT2D eigenvalue weighted by molar-refractivity contribution is 5.81. The number of oxazole rings is 1. The highest BCUT2D eigenvalue weighted by Crippen LogP contribution is 2.27. The van der Waals surface area contributed by atoms with Crippen molar-refractivity contribution >= 4 is 29.1 Å². The first-order valence-corrected chi connectivity index (χ1v) is 9.76. The van der Waals surface area contributed by atoms with Gasteiger partial charge in [-0.05, 0) is 17.7 Å². The van der Waals surface area contributed by atoms with Crippen molar-refractivity contribution in [2.75, 3.05) is 31.6 Å². The number of likely N-dealkylation sites (N-methyl/N-ethyl adjacent to an activating group) is 1. The van der Waals surface area contributed by atoms with E-state index in [9.17, 15) is 14.0 Å². The van der Waals surface area contributed by atoms with Crippen LogP contribution in [0.25, 0.3) is 11.1 Å². The zero-order valence-corrected chi connectivity index (χ0v) is 17.4. The first kappa shape index (κ1) is 22.6. The minimum atomic E-state index is -1.25. The van der Waals surface area contributed by atoms with Gasteiger partial charge < -0.3 is 29.8 Å². The second kappa shape index (κ2) is 10.8. The number of ether oxygens (including phenoxy) is 1. The predicted octanol–water partition coefficient (Wildman–Crippen LogP) is 3.08. The van der Waals surface area contributed by atoms with Gasteiger partial charge in [-0.15, -0.1) is 0 Å². The van der Waals surface area contributed by atoms with Gasteiger partial charge in [0.15, 0.2) is 5.58 Å². The van der Waals surface area contributed by atoms with Gasteiger partial charge in [0.1, 0.15) is 24.4 Å². The van der Waals surface area contributed by atoms with E-state index >= 15 is 0 Å². The number of carboxylic acid groups (broad SMARTS) is 1. The summed E-state index contributed by atoms with van der Waals surface area (Å²) in [4.78, 5) is 28.8. The van der Waals surface area contributed by atoms with Crippen LogP contribution >= 0.6 is 0 Å². The Morgan fingerprint density at radius 2 is 2.03 bits per heavy atom. The lowest BCUT2D eigenvalue weighted by Crippen LogP contribution is -2.35. The molecular formula is C22H23FN4O5. The third-order valence-corrected chi connectivity index (χ3v) is 4.49. The van der Waals surface area contributed by atoms with E-state index in [1.54, 1.807) is 30.1 Å². The van der Waals surface area contributed by atoms with Crippen molar-refractivity contribution in [3.8, 4) is 5.75 Å². The van der Waals surface area contributed by atoms with Gasteiger partial charge in [-0.1, -0.05) is 30.3 Å². The molecule has 0 saturated carbocycles. The van der Waals surface area contributed by atoms with E-state index < -0.39 is 6.09 Å². The number of nitrogens with zero attached hydrogens (tertiary/aromatic N) is 2. The van der Waals surface area contributed by atoms with Gasteiger partial charge >= 0.3 is 6.09 Å². The van der Waals surface area contributed by atoms with Crippen LogP contribution in [0, 0.1) is 0 Å². The molecule has 0 radical (unpaired) electrons. The molecule has 3 rings (SSSR count). The highest BCUT2D eigenvalue weighted by Gasteiger charge is 2.18. The van der Waals surface area contributed by atoms with Crippen LogP contribution < -0.4 is 20.3 Å². The van der Waals surface area contributed by atoms with Gasteiger partial charge in [0, 0.05) is 31.8 Å². The molecule has 0 atom stereocenters. The maximum absolute atomic E-state index is 12.9. The molecule has 9 nitrogen and oxygen atoms in total. The summed E-state index contributed by atoms with van der Waals surface area (Å²) in [6, 6.07) is 14.8. The third-order valence-electron chi connectivity index (χ3n) is 4.49. The molecule has 10 heteroatoms. The molecule has 168 valence electrons. The Hall–Kier alpha value is -4.08. The average Bonchev–Trinajstić information content (AvgIpc) is 3.22. The van der Waals surface area contributed by atoms with Crippen molar-refractivity contribution in [3.63, 3.8) is 0 Å². The normalized spacial score (nSPS) is 11.2. The van der Waals surface area contributed by atoms with Gasteiger partial charge in [-0.3, -0.25) is 4.79 Å². The summed E-state index contributed by atoms with van der Waals surface area (Å²) in [5, 5.41) is 13.3. The van der Waals surface area contributed by atoms with Gasteiger partial charge in [0.25, 0.3) is 6.01 Å². The maximum atomic E-state index is 12.9. The summed E-state index contributed by atoms with van der Waals surface area (Å²) in [7, 11) is 1.56. The number of benzene rings is 2. The Labute approximate surface area is 183 Å². The molecule has 3 aromatic rings. The number of aromatic nitrogens is 1. The Balaban J connectivity index is 1.76. The molecule has 0 aliphatic carbocycles. The molecule has 2 aromatic carbocycles. The monoisotopic (exact) mass is 442 g/mol. The lowest BCUT2D eigenvalue weighted by molar-refractivity contribution is -0.119. The number of anilines is 1. The van der Waals surface area contributed by atoms with Crippen LogP contribution in [0.2, 0.25) is 0 Å². The second-order valence-electron chi connectivity index (χ2n) is 6.86. The van der Waals surface area contributed by atoms with E-state index in [1.165, 1.54) is 0 Å². The van der Waals surface area contributed by atoms with E-state index in [-0.39, 0.29) is 37.2 Å². The van der Waals surface area contributed by atoms with Crippen molar-refractivity contribution in [1.29, 1.82) is 0 Å². The fraction of sp³-hybridized carbons (Fsp3) is 0.227. The van der Waals surface area contributed by atoms with Crippen molar-refractivity contribution in [3.05, 3.63) is 66.0 Å². The maximum Gasteiger partial charge on any atom is 0.404 e. The number of nitrogens with one attached hydrogen (secondary N) is 2. The van der Waals surface area contributed by atoms with Crippen LogP contribution in [0.4, 0.5) is 15.2 Å². The Bertz CT molecular complexity index is 1100. The van der Waals surface area contributed by atoms with E-state index in [4.69, 9.17) is 14.3 Å². The third kappa shape index (κ3) is 6.21. The van der Waals surface area contributed by atoms with E-state index in [2.05, 4.69) is 15.6 Å². The topological polar surface area (TPSA) is 117 Å². The van der Waals surface area contributed by atoms with Gasteiger partial charge in [0.05, 0.1) is 6.33 Å². The number of halogens is 1. The van der Waals surface area contributed by atoms with Crippen molar-refractivity contribution in [1.82, 2.24) is 15.6 Å². The molecule has 1 aromatic heterocycles. The molecule has 0 aliphatic rings. The largest absolute Gasteiger partial charge is 0.489 e. The zero-order valence-electron chi connectivity index (χ0n) is 17.4. The van der Waals surface area contributed by atoms with Gasteiger partial charge in [-0.25, -0.2) is 9.18 Å². The Morgan fingerprint density at radius 1 is 1.25 bits per heavy atom. The summed E-state index contributed by atoms with van der Waals surface area (Å²) in [6.45, 7) is 0.156. The second-order valence-corrected chi connectivity index (χ2v) is 6.86. The molecule has 32 heavy (non-hydrogen) atoms. The molecule has 1 heterocycles. The Kier molecular flexibility index (Phi) is 7.63. The molecule has 0 aliphatic heterocycles. The Morgan fingerprint density at radius 3 is 2.72 bits per heavy atom. The molecule has 0 fully saturated rings. The standard InChI is InChI=1S/C22H23FN4O5/c1-24-20(28)13-27(12-15-5-3-2-4-6-15)21-26-18-8-7-17(9-19(18)32-21)31-14-16(10-23)11-25-22(29)30/h2-10,25H,11-14H2,1H3,(H,24,28)(H,29,30)/b16-10+. The fourth-order valence-corrected chi connectivity index (χ4v) is 2.85. The minimum Gasteiger partial charge on any atom is -0.489 e. The number of carbonyl (C=O) groups is 2. The van der Waals surface area contributed by atoms with Crippen LogP contribution in [-0.4, -0.2) is 48.8 Å². The van der Waals surface area contributed by atoms with Crippen LogP contribution in [0.15, 0.2) is 64.9 Å². The lowest BCUT2D eigenvalue weighted by atomic mass is 10.2. The first-order valence-electron chi connectivity index (χ1n) is 9.76. The number of hydrogen-bond acceptors (Lipinski definition) is 6. The van der Waals surface area contributed by atoms with Gasteiger partial charge in [0.2, 0.25) is 5.91 Å². The van der Waals surface area contributed by atoms with Crippen molar-refractivity contribution < 1.29 is 28.2 Å². The molecule has 0 unspecified atom stereocenters. The number of amides is 2. The summed E-state index contributed by atoms with van der Waals surface area (Å²) < 4.78 is 24.3. The minimum absolute atomic E-state index is 0.0583. The number of hydrogen-bond donors (Lipinski definition) is 3. The first-order chi connectivity index (χ1) is 15.5. The zero-order chi connectivity index (χ0) is 22.9. The number of rotatable bonds is 10. The van der Waals surface area contributed by atoms with E-state index in [0.29, 0.717) is 29.7 Å². The number of carbonyl (C=O) groups excluding carboxylic acids is 1. The van der Waals surface area contributed by atoms with Crippen LogP contribution in [-0.2, 0) is 11.3 Å². The fourth-order valence-electron chi connectivity index (χ4n) is 2.85. The van der Waals surface area contributed by atoms with E-state index in [0.717, 1.165) is 5.56 Å². The summed E-state index contributed by atoms with van der Waals surface area (Å²) in [6.07, 6.45) is -0.946. The molecule has 0 bridgehead atoms. The number of fused-ring (bicyclic) bond motifs is 1. The molecule has 2 amide bonds. The summed E-state index contributed by atoms with van der Waals surface area (Å²) in [5.41, 5.74) is 2.12. The van der Waals surface area contributed by atoms with Crippen LogP contribution in [0.3, 0.4) is 0 Å². The quantitative estimate of drug-likeness (QED) is 0.442. The summed E-state index contributed by atoms with van der Waals surface area (Å²) in [5.74, 6) is 0.212. The summed E-state index contributed by atoms with van der Waals surface area (Å²) >= 11 is 0. The van der Waals surface area contributed by atoms with Crippen LogP contribution in [0.5, 0.6) is 5.75 Å². The van der Waals surface area contributed by atoms with Crippen molar-refractivity contribution in [2.45, 2.75) is 6.54 Å². The molecule has 0 spiro atoms. The molecule has 3 N–H and O–H groups in total.